The summed E-state index contributed by atoms with van der Waals surface area (Å²) >= 11 is 0. The van der Waals surface area contributed by atoms with Crippen molar-refractivity contribution in [1.82, 2.24) is 15.0 Å². The van der Waals surface area contributed by atoms with Gasteiger partial charge in [0, 0.05) is 29.3 Å². The third-order valence-electron chi connectivity index (χ3n) is 4.53. The van der Waals surface area contributed by atoms with E-state index in [1.54, 1.807) is 25.5 Å². The fourth-order valence-electron chi connectivity index (χ4n) is 3.19. The Bertz CT molecular complexity index is 1120. The lowest BCUT2D eigenvalue weighted by Crippen LogP contribution is -2.00. The molecule has 0 fully saturated rings. The highest BCUT2D eigenvalue weighted by atomic mass is 19.1. The van der Waals surface area contributed by atoms with Crippen molar-refractivity contribution in [3.05, 3.63) is 72.4 Å². The molecule has 0 aliphatic heterocycles. The highest BCUT2D eigenvalue weighted by Gasteiger charge is 2.12. The van der Waals surface area contributed by atoms with Crippen LogP contribution in [0.4, 0.5) is 10.2 Å². The summed E-state index contributed by atoms with van der Waals surface area (Å²) in [5.41, 5.74) is 5.19. The molecule has 0 bridgehead atoms. The second kappa shape index (κ2) is 7.11. The number of hydrogen-bond donors (Lipinski definition) is 1. The molecule has 4 aromatic rings. The Kier molecular flexibility index (Phi) is 4.50. The van der Waals surface area contributed by atoms with Gasteiger partial charge >= 0.3 is 0 Å². The third-order valence-corrected chi connectivity index (χ3v) is 4.53. The third kappa shape index (κ3) is 3.24. The second-order valence-electron chi connectivity index (χ2n) is 6.35. The topological polar surface area (TPSA) is 50.7 Å². The van der Waals surface area contributed by atoms with Gasteiger partial charge in [0.15, 0.2) is 0 Å². The van der Waals surface area contributed by atoms with Crippen molar-refractivity contribution in [2.45, 2.75) is 13.8 Å². The van der Waals surface area contributed by atoms with Gasteiger partial charge in [-0.2, -0.15) is 0 Å². The monoisotopic (exact) mass is 358 g/mol. The van der Waals surface area contributed by atoms with E-state index in [1.807, 2.05) is 37.3 Å². The molecule has 0 radical (unpaired) electrons. The molecule has 2 aromatic carbocycles. The fraction of sp³-hybridized carbons (Fsp3) is 0.136. The van der Waals surface area contributed by atoms with E-state index in [0.29, 0.717) is 5.56 Å². The summed E-state index contributed by atoms with van der Waals surface area (Å²) in [7, 11) is 0. The smallest absolute Gasteiger partial charge is 0.137 e. The van der Waals surface area contributed by atoms with Crippen molar-refractivity contribution in [3.63, 3.8) is 0 Å². The SMILES string of the molecule is CCNc1ncnc2ccc(-c3cccnc3-c3ccc(F)c(C)c3)cc12. The number of halogens is 1. The molecule has 0 spiro atoms. The van der Waals surface area contributed by atoms with Gasteiger partial charge in [-0.1, -0.05) is 12.1 Å². The van der Waals surface area contributed by atoms with Gasteiger partial charge in [-0.3, -0.25) is 4.98 Å². The van der Waals surface area contributed by atoms with Crippen LogP contribution in [0.2, 0.25) is 0 Å². The molecule has 0 aliphatic carbocycles. The normalized spacial score (nSPS) is 10.9. The summed E-state index contributed by atoms with van der Waals surface area (Å²) in [5, 5.41) is 4.24. The predicted molar refractivity (Wildman–Crippen MR) is 107 cm³/mol. The summed E-state index contributed by atoms with van der Waals surface area (Å²) in [6.45, 7) is 4.58. The molecule has 5 heteroatoms. The lowest BCUT2D eigenvalue weighted by molar-refractivity contribution is 0.619. The van der Waals surface area contributed by atoms with Crippen molar-refractivity contribution >= 4 is 16.7 Å². The van der Waals surface area contributed by atoms with Crippen LogP contribution in [0.1, 0.15) is 12.5 Å². The molecule has 2 heterocycles. The van der Waals surface area contributed by atoms with E-state index in [2.05, 4.69) is 26.3 Å². The number of anilines is 1. The molecule has 27 heavy (non-hydrogen) atoms. The first-order valence-corrected chi connectivity index (χ1v) is 8.88. The van der Waals surface area contributed by atoms with Gasteiger partial charge in [-0.05, 0) is 61.4 Å². The van der Waals surface area contributed by atoms with Crippen LogP contribution in [0.3, 0.4) is 0 Å². The maximum Gasteiger partial charge on any atom is 0.137 e. The van der Waals surface area contributed by atoms with E-state index in [4.69, 9.17) is 0 Å². The lowest BCUT2D eigenvalue weighted by atomic mass is 9.97. The van der Waals surface area contributed by atoms with Crippen LogP contribution in [0.25, 0.3) is 33.3 Å². The van der Waals surface area contributed by atoms with Crippen LogP contribution < -0.4 is 5.32 Å². The number of aryl methyl sites for hydroxylation is 1. The average Bonchev–Trinajstić information content (AvgIpc) is 2.70. The van der Waals surface area contributed by atoms with E-state index in [1.165, 1.54) is 6.07 Å². The minimum atomic E-state index is -0.214. The van der Waals surface area contributed by atoms with Gasteiger partial charge in [-0.15, -0.1) is 0 Å². The predicted octanol–water partition coefficient (Wildman–Crippen LogP) is 5.24. The van der Waals surface area contributed by atoms with Crippen LogP contribution in [0, 0.1) is 12.7 Å². The molecule has 0 saturated carbocycles. The van der Waals surface area contributed by atoms with E-state index in [9.17, 15) is 4.39 Å². The first-order chi connectivity index (χ1) is 13.2. The maximum atomic E-state index is 13.7. The highest BCUT2D eigenvalue weighted by Crippen LogP contribution is 2.33. The summed E-state index contributed by atoms with van der Waals surface area (Å²) in [5.74, 6) is 0.599. The number of hydrogen-bond acceptors (Lipinski definition) is 4. The fourth-order valence-corrected chi connectivity index (χ4v) is 3.19. The quantitative estimate of drug-likeness (QED) is 0.542. The zero-order valence-electron chi connectivity index (χ0n) is 15.2. The highest BCUT2D eigenvalue weighted by molar-refractivity contribution is 5.94. The van der Waals surface area contributed by atoms with Gasteiger partial charge in [0.2, 0.25) is 0 Å². The van der Waals surface area contributed by atoms with Crippen molar-refractivity contribution < 1.29 is 4.39 Å². The molecule has 0 aliphatic rings. The Hall–Kier alpha value is -3.34. The number of nitrogens with zero attached hydrogens (tertiary/aromatic N) is 3. The Morgan fingerprint density at radius 3 is 2.63 bits per heavy atom. The first kappa shape index (κ1) is 17.1. The molecule has 4 rings (SSSR count). The van der Waals surface area contributed by atoms with E-state index in [-0.39, 0.29) is 5.82 Å². The second-order valence-corrected chi connectivity index (χ2v) is 6.35. The number of aromatic nitrogens is 3. The van der Waals surface area contributed by atoms with Crippen LogP contribution in [-0.4, -0.2) is 21.5 Å². The molecule has 4 nitrogen and oxygen atoms in total. The number of nitrogens with one attached hydrogen (secondary N) is 1. The maximum absolute atomic E-state index is 13.7. The summed E-state index contributed by atoms with van der Waals surface area (Å²) in [6, 6.07) is 15.1. The molecule has 2 aromatic heterocycles. The molecule has 134 valence electrons. The first-order valence-electron chi connectivity index (χ1n) is 8.88. The minimum Gasteiger partial charge on any atom is -0.370 e. The van der Waals surface area contributed by atoms with Crippen LogP contribution >= 0.6 is 0 Å². The standard InChI is InChI=1S/C22H19FN4/c1-3-24-22-18-12-15(7-9-20(18)26-13-27-22)17-5-4-10-25-21(17)16-6-8-19(23)14(2)11-16/h4-13H,3H2,1-2H3,(H,24,26,27). The summed E-state index contributed by atoms with van der Waals surface area (Å²) < 4.78 is 13.7. The number of fused-ring (bicyclic) bond motifs is 1. The molecule has 0 amide bonds. The summed E-state index contributed by atoms with van der Waals surface area (Å²) in [4.78, 5) is 13.3. The van der Waals surface area contributed by atoms with E-state index < -0.39 is 0 Å². The van der Waals surface area contributed by atoms with E-state index >= 15 is 0 Å². The van der Waals surface area contributed by atoms with Gasteiger partial charge < -0.3 is 5.32 Å². The molecule has 0 atom stereocenters. The molecule has 0 unspecified atom stereocenters. The van der Waals surface area contributed by atoms with Crippen LogP contribution in [0.5, 0.6) is 0 Å². The Morgan fingerprint density at radius 1 is 0.963 bits per heavy atom. The van der Waals surface area contributed by atoms with Gasteiger partial charge in [0.25, 0.3) is 0 Å². The minimum absolute atomic E-state index is 0.214. The van der Waals surface area contributed by atoms with Crippen molar-refractivity contribution in [2.75, 3.05) is 11.9 Å². The number of pyridine rings is 1. The van der Waals surface area contributed by atoms with Gasteiger partial charge in [-0.25, -0.2) is 14.4 Å². The van der Waals surface area contributed by atoms with Gasteiger partial charge in [0.05, 0.1) is 11.2 Å². The van der Waals surface area contributed by atoms with Crippen molar-refractivity contribution in [3.8, 4) is 22.4 Å². The zero-order chi connectivity index (χ0) is 18.8. The largest absolute Gasteiger partial charge is 0.370 e. The van der Waals surface area contributed by atoms with Crippen LogP contribution in [-0.2, 0) is 0 Å². The molecule has 1 N–H and O–H groups in total. The Balaban J connectivity index is 1.89. The van der Waals surface area contributed by atoms with Gasteiger partial charge in [0.1, 0.15) is 18.0 Å². The average molecular weight is 358 g/mol. The molecular weight excluding hydrogens is 339 g/mol. The van der Waals surface area contributed by atoms with Crippen molar-refractivity contribution in [2.24, 2.45) is 0 Å². The Morgan fingerprint density at radius 2 is 1.81 bits per heavy atom. The molecule has 0 saturated heterocycles. The molecular formula is C22H19FN4. The van der Waals surface area contributed by atoms with Crippen molar-refractivity contribution in [1.29, 1.82) is 0 Å². The summed E-state index contributed by atoms with van der Waals surface area (Å²) in [6.07, 6.45) is 3.32. The van der Waals surface area contributed by atoms with Crippen LogP contribution in [0.15, 0.2) is 61.1 Å². The van der Waals surface area contributed by atoms with E-state index in [0.717, 1.165) is 45.6 Å². The lowest BCUT2D eigenvalue weighted by Gasteiger charge is -2.12. The number of rotatable bonds is 4. The zero-order valence-corrected chi connectivity index (χ0v) is 15.2. The number of benzene rings is 2. The Labute approximate surface area is 157 Å².